The summed E-state index contributed by atoms with van der Waals surface area (Å²) in [5.41, 5.74) is 2.62. The summed E-state index contributed by atoms with van der Waals surface area (Å²) in [4.78, 5) is 2.52. The van der Waals surface area contributed by atoms with E-state index < -0.39 is 0 Å². The first kappa shape index (κ1) is 16.3. The van der Waals surface area contributed by atoms with Gasteiger partial charge in [-0.3, -0.25) is 4.90 Å². The first-order chi connectivity index (χ1) is 10.2. The number of rotatable bonds is 8. The molecular formula is C18H30N2O. The zero-order valence-electron chi connectivity index (χ0n) is 13.8. The summed E-state index contributed by atoms with van der Waals surface area (Å²) in [5.74, 6) is 1.77. The molecule has 0 unspecified atom stereocenters. The van der Waals surface area contributed by atoms with Crippen molar-refractivity contribution in [2.24, 2.45) is 5.92 Å². The van der Waals surface area contributed by atoms with E-state index in [1.165, 1.54) is 43.5 Å². The van der Waals surface area contributed by atoms with Crippen LogP contribution in [-0.4, -0.2) is 31.6 Å². The molecule has 0 aromatic heterocycles. The summed E-state index contributed by atoms with van der Waals surface area (Å²) in [6.07, 6.45) is 3.90. The van der Waals surface area contributed by atoms with Gasteiger partial charge in [0.2, 0.25) is 0 Å². The van der Waals surface area contributed by atoms with E-state index >= 15 is 0 Å². The third-order valence-electron chi connectivity index (χ3n) is 4.17. The van der Waals surface area contributed by atoms with Gasteiger partial charge in [-0.15, -0.1) is 0 Å². The van der Waals surface area contributed by atoms with Crippen molar-refractivity contribution in [1.82, 2.24) is 10.2 Å². The third-order valence-corrected chi connectivity index (χ3v) is 4.17. The van der Waals surface area contributed by atoms with Gasteiger partial charge in [-0.05, 0) is 56.4 Å². The van der Waals surface area contributed by atoms with Gasteiger partial charge < -0.3 is 10.1 Å². The minimum Gasteiger partial charge on any atom is -0.496 e. The van der Waals surface area contributed by atoms with Gasteiger partial charge in [-0.25, -0.2) is 0 Å². The molecule has 3 nitrogen and oxygen atoms in total. The molecule has 1 aromatic rings. The molecule has 0 amide bonds. The molecule has 1 fully saturated rings. The molecular weight excluding hydrogens is 260 g/mol. The van der Waals surface area contributed by atoms with E-state index in [-0.39, 0.29) is 0 Å². The number of nitrogens with zero attached hydrogens (tertiary/aromatic N) is 1. The molecule has 2 rings (SSSR count). The fourth-order valence-corrected chi connectivity index (χ4v) is 2.85. The molecule has 1 N–H and O–H groups in total. The minimum atomic E-state index is 0.752. The highest BCUT2D eigenvalue weighted by Gasteiger charge is 2.13. The smallest absolute Gasteiger partial charge is 0.123 e. The first-order valence-corrected chi connectivity index (χ1v) is 8.28. The van der Waals surface area contributed by atoms with Crippen LogP contribution in [0.25, 0.3) is 0 Å². The molecule has 1 aliphatic rings. The maximum Gasteiger partial charge on any atom is 0.123 e. The van der Waals surface area contributed by atoms with Crippen molar-refractivity contribution in [3.63, 3.8) is 0 Å². The lowest BCUT2D eigenvalue weighted by Gasteiger charge is -2.17. The Kier molecular flexibility index (Phi) is 6.52. The molecule has 0 aliphatic carbocycles. The largest absolute Gasteiger partial charge is 0.496 e. The normalized spacial score (nSPS) is 15.8. The van der Waals surface area contributed by atoms with Gasteiger partial charge >= 0.3 is 0 Å². The highest BCUT2D eigenvalue weighted by atomic mass is 16.5. The van der Waals surface area contributed by atoms with Crippen LogP contribution in [0.2, 0.25) is 0 Å². The maximum atomic E-state index is 5.57. The van der Waals surface area contributed by atoms with Gasteiger partial charge in [-0.2, -0.15) is 0 Å². The van der Waals surface area contributed by atoms with Crippen molar-refractivity contribution in [2.75, 3.05) is 26.7 Å². The van der Waals surface area contributed by atoms with E-state index in [0.717, 1.165) is 31.3 Å². The number of benzene rings is 1. The third kappa shape index (κ3) is 5.33. The lowest BCUT2D eigenvalue weighted by Crippen LogP contribution is -2.19. The Bertz CT molecular complexity index is 425. The quantitative estimate of drug-likeness (QED) is 0.742. The van der Waals surface area contributed by atoms with Crippen LogP contribution in [0.3, 0.4) is 0 Å². The number of nitrogens with one attached hydrogen (secondary N) is 1. The van der Waals surface area contributed by atoms with Crippen molar-refractivity contribution >= 4 is 0 Å². The van der Waals surface area contributed by atoms with E-state index in [1.54, 1.807) is 7.11 Å². The summed E-state index contributed by atoms with van der Waals surface area (Å²) in [7, 11) is 1.77. The molecule has 21 heavy (non-hydrogen) atoms. The summed E-state index contributed by atoms with van der Waals surface area (Å²) in [6, 6.07) is 6.67. The van der Waals surface area contributed by atoms with Crippen LogP contribution in [0, 0.1) is 5.92 Å². The van der Waals surface area contributed by atoms with Crippen LogP contribution in [-0.2, 0) is 13.1 Å². The van der Waals surface area contributed by atoms with Gasteiger partial charge in [0, 0.05) is 18.7 Å². The van der Waals surface area contributed by atoms with Crippen molar-refractivity contribution in [3.05, 3.63) is 29.3 Å². The molecule has 1 saturated heterocycles. The molecule has 1 aromatic carbocycles. The highest BCUT2D eigenvalue weighted by Crippen LogP contribution is 2.22. The van der Waals surface area contributed by atoms with Gasteiger partial charge in [0.1, 0.15) is 5.75 Å². The number of hydrogen-bond acceptors (Lipinski definition) is 3. The number of likely N-dealkylation sites (tertiary alicyclic amines) is 1. The molecule has 118 valence electrons. The van der Waals surface area contributed by atoms with Crippen LogP contribution in [0.5, 0.6) is 5.75 Å². The molecule has 0 radical (unpaired) electrons. The monoisotopic (exact) mass is 290 g/mol. The Morgan fingerprint density at radius 1 is 1.24 bits per heavy atom. The average molecular weight is 290 g/mol. The lowest BCUT2D eigenvalue weighted by molar-refractivity contribution is 0.330. The second-order valence-corrected chi connectivity index (χ2v) is 6.49. The van der Waals surface area contributed by atoms with Crippen LogP contribution in [0.1, 0.15) is 44.2 Å². The maximum absolute atomic E-state index is 5.57. The van der Waals surface area contributed by atoms with Crippen LogP contribution in [0.4, 0.5) is 0 Å². The zero-order chi connectivity index (χ0) is 15.1. The zero-order valence-corrected chi connectivity index (χ0v) is 13.8. The summed E-state index contributed by atoms with van der Waals surface area (Å²) in [5, 5.41) is 3.51. The number of methoxy groups -OCH3 is 1. The van der Waals surface area contributed by atoms with Crippen LogP contribution >= 0.6 is 0 Å². The van der Waals surface area contributed by atoms with E-state index in [9.17, 15) is 0 Å². The lowest BCUT2D eigenvalue weighted by atomic mass is 10.1. The second kappa shape index (κ2) is 8.40. The van der Waals surface area contributed by atoms with Crippen LogP contribution < -0.4 is 10.1 Å². The number of ether oxygens (including phenoxy) is 1. The Morgan fingerprint density at radius 3 is 2.67 bits per heavy atom. The van der Waals surface area contributed by atoms with Gasteiger partial charge in [0.05, 0.1) is 7.11 Å². The Morgan fingerprint density at radius 2 is 2.00 bits per heavy atom. The van der Waals surface area contributed by atoms with Crippen molar-refractivity contribution in [2.45, 2.75) is 46.2 Å². The predicted octanol–water partition coefficient (Wildman–Crippen LogP) is 3.43. The highest BCUT2D eigenvalue weighted by molar-refractivity contribution is 5.37. The Labute approximate surface area is 129 Å². The molecule has 3 heteroatoms. The molecule has 0 saturated carbocycles. The molecule has 0 atom stereocenters. The van der Waals surface area contributed by atoms with E-state index in [1.807, 2.05) is 0 Å². The van der Waals surface area contributed by atoms with Gasteiger partial charge in [0.25, 0.3) is 0 Å². The van der Waals surface area contributed by atoms with Gasteiger partial charge in [0.15, 0.2) is 0 Å². The minimum absolute atomic E-state index is 0.752. The standard InChI is InChI=1S/C18H30N2O/c1-15(2)8-9-19-13-17-7-6-16(12-18(17)21-3)14-20-10-4-5-11-20/h6-7,12,15,19H,4-5,8-11,13-14H2,1-3H3. The molecule has 0 bridgehead atoms. The molecule has 1 aliphatic heterocycles. The van der Waals surface area contributed by atoms with Crippen molar-refractivity contribution in [1.29, 1.82) is 0 Å². The second-order valence-electron chi connectivity index (χ2n) is 6.49. The Balaban J connectivity index is 1.89. The van der Waals surface area contributed by atoms with Crippen LogP contribution in [0.15, 0.2) is 18.2 Å². The van der Waals surface area contributed by atoms with E-state index in [4.69, 9.17) is 4.74 Å². The summed E-state index contributed by atoms with van der Waals surface area (Å²) < 4.78 is 5.57. The van der Waals surface area contributed by atoms with E-state index in [2.05, 4.69) is 42.3 Å². The topological polar surface area (TPSA) is 24.5 Å². The number of hydrogen-bond donors (Lipinski definition) is 1. The fraction of sp³-hybridized carbons (Fsp3) is 0.667. The SMILES string of the molecule is COc1cc(CN2CCCC2)ccc1CNCCC(C)C. The fourth-order valence-electron chi connectivity index (χ4n) is 2.85. The summed E-state index contributed by atoms with van der Waals surface area (Å²) in [6.45, 7) is 10.0. The first-order valence-electron chi connectivity index (χ1n) is 8.28. The molecule has 0 spiro atoms. The van der Waals surface area contributed by atoms with Crippen molar-refractivity contribution in [3.8, 4) is 5.75 Å². The van der Waals surface area contributed by atoms with Crippen molar-refractivity contribution < 1.29 is 4.74 Å². The summed E-state index contributed by atoms with van der Waals surface area (Å²) >= 11 is 0. The van der Waals surface area contributed by atoms with E-state index in [0.29, 0.717) is 0 Å². The van der Waals surface area contributed by atoms with Gasteiger partial charge in [-0.1, -0.05) is 26.0 Å². The average Bonchev–Trinajstić information content (AvgIpc) is 2.97. The molecule has 1 heterocycles. The predicted molar refractivity (Wildman–Crippen MR) is 88.7 cm³/mol. The Hall–Kier alpha value is -1.06.